The highest BCUT2D eigenvalue weighted by Crippen LogP contribution is 2.29. The predicted octanol–water partition coefficient (Wildman–Crippen LogP) is 2.61. The second-order valence-electron chi connectivity index (χ2n) is 7.85. The maximum atomic E-state index is 12.7. The maximum Gasteiger partial charge on any atom is 0.348 e. The summed E-state index contributed by atoms with van der Waals surface area (Å²) in [5, 5.41) is 3.93. The van der Waals surface area contributed by atoms with E-state index in [1.807, 2.05) is 4.57 Å². The van der Waals surface area contributed by atoms with Crippen LogP contribution in [0.25, 0.3) is 0 Å². The number of likely N-dealkylation sites (N-methyl/N-ethyl adjacent to an activating group) is 1. The minimum Gasteiger partial charge on any atom is -0.353 e. The fraction of sp³-hybridized carbons (Fsp3) is 0.762. The Morgan fingerprint density at radius 1 is 1.18 bits per heavy atom. The number of hydrogen-bond acceptors (Lipinski definition) is 5. The molecule has 1 aromatic rings. The molecule has 0 atom stereocenters. The summed E-state index contributed by atoms with van der Waals surface area (Å²) < 4.78 is 1.87. The van der Waals surface area contributed by atoms with E-state index in [9.17, 15) is 9.59 Å². The van der Waals surface area contributed by atoms with Crippen molar-refractivity contribution in [3.8, 4) is 0 Å². The van der Waals surface area contributed by atoms with Crippen molar-refractivity contribution in [3.63, 3.8) is 0 Å². The fourth-order valence-electron chi connectivity index (χ4n) is 4.37. The number of nitrogens with zero attached hydrogens (tertiary/aromatic N) is 3. The number of carbonyl (C=O) groups excluding carboxylic acids is 1. The molecule has 156 valence electrons. The van der Waals surface area contributed by atoms with Gasteiger partial charge in [-0.3, -0.25) is 9.36 Å². The third-order valence-electron chi connectivity index (χ3n) is 6.05. The van der Waals surface area contributed by atoms with Crippen molar-refractivity contribution >= 4 is 17.7 Å². The van der Waals surface area contributed by atoms with E-state index in [1.54, 1.807) is 0 Å². The molecule has 2 aliphatic carbocycles. The smallest absolute Gasteiger partial charge is 0.348 e. The van der Waals surface area contributed by atoms with Crippen LogP contribution in [0, 0.1) is 0 Å². The number of carbonyl (C=O) groups is 1. The molecule has 1 aromatic heterocycles. The minimum atomic E-state index is -0.164. The standard InChI is InChI=1S/C21H34N4O2S/c1-3-24(4-2)13-14-25-18-12-8-11-17(18)20(23-21(25)27)28-15-19(26)22-16-9-6-5-7-10-16/h16H,3-15H2,1-2H3,(H,22,26). The van der Waals surface area contributed by atoms with Crippen molar-refractivity contribution in [2.24, 2.45) is 0 Å². The maximum absolute atomic E-state index is 12.7. The summed E-state index contributed by atoms with van der Waals surface area (Å²) in [7, 11) is 0. The van der Waals surface area contributed by atoms with Crippen LogP contribution < -0.4 is 11.0 Å². The molecule has 0 radical (unpaired) electrons. The van der Waals surface area contributed by atoms with Crippen LogP contribution >= 0.6 is 11.8 Å². The summed E-state index contributed by atoms with van der Waals surface area (Å²) in [5.74, 6) is 0.412. The van der Waals surface area contributed by atoms with Gasteiger partial charge in [0, 0.05) is 30.4 Å². The summed E-state index contributed by atoms with van der Waals surface area (Å²) in [4.78, 5) is 31.7. The fourth-order valence-corrected chi connectivity index (χ4v) is 5.26. The van der Waals surface area contributed by atoms with Gasteiger partial charge in [0.15, 0.2) is 0 Å². The quantitative estimate of drug-likeness (QED) is 0.504. The van der Waals surface area contributed by atoms with Gasteiger partial charge in [-0.25, -0.2) is 4.79 Å². The molecule has 0 aromatic carbocycles. The molecule has 1 N–H and O–H groups in total. The van der Waals surface area contributed by atoms with Crippen molar-refractivity contribution in [2.75, 3.05) is 25.4 Å². The molecule has 0 aliphatic heterocycles. The van der Waals surface area contributed by atoms with Crippen molar-refractivity contribution in [1.29, 1.82) is 0 Å². The van der Waals surface area contributed by atoms with Crippen molar-refractivity contribution in [3.05, 3.63) is 21.7 Å². The summed E-state index contributed by atoms with van der Waals surface area (Å²) >= 11 is 1.43. The number of hydrogen-bond donors (Lipinski definition) is 1. The van der Waals surface area contributed by atoms with Gasteiger partial charge in [0.2, 0.25) is 5.91 Å². The minimum absolute atomic E-state index is 0.0659. The number of aromatic nitrogens is 2. The van der Waals surface area contributed by atoms with Crippen LogP contribution in [0.4, 0.5) is 0 Å². The van der Waals surface area contributed by atoms with E-state index in [2.05, 4.69) is 29.0 Å². The molecule has 2 aliphatic rings. The molecule has 0 spiro atoms. The lowest BCUT2D eigenvalue weighted by atomic mass is 9.95. The molecule has 28 heavy (non-hydrogen) atoms. The highest BCUT2D eigenvalue weighted by molar-refractivity contribution is 7.99. The second kappa shape index (κ2) is 10.4. The van der Waals surface area contributed by atoms with Gasteiger partial charge >= 0.3 is 5.69 Å². The number of thioether (sulfide) groups is 1. The van der Waals surface area contributed by atoms with E-state index < -0.39 is 0 Å². The first kappa shape index (κ1) is 21.4. The number of nitrogens with one attached hydrogen (secondary N) is 1. The highest BCUT2D eigenvalue weighted by atomic mass is 32.2. The Bertz CT molecular complexity index is 724. The monoisotopic (exact) mass is 406 g/mol. The largest absolute Gasteiger partial charge is 0.353 e. The van der Waals surface area contributed by atoms with Crippen molar-refractivity contribution in [2.45, 2.75) is 82.8 Å². The lowest BCUT2D eigenvalue weighted by molar-refractivity contribution is -0.119. The van der Waals surface area contributed by atoms with Gasteiger partial charge in [-0.2, -0.15) is 4.98 Å². The van der Waals surface area contributed by atoms with Gasteiger partial charge in [0.05, 0.1) is 5.75 Å². The van der Waals surface area contributed by atoms with E-state index >= 15 is 0 Å². The van der Waals surface area contributed by atoms with Gasteiger partial charge in [-0.05, 0) is 45.2 Å². The van der Waals surface area contributed by atoms with Crippen LogP contribution in [-0.4, -0.2) is 51.8 Å². The lowest BCUT2D eigenvalue weighted by Crippen LogP contribution is -2.37. The molecule has 3 rings (SSSR count). The highest BCUT2D eigenvalue weighted by Gasteiger charge is 2.23. The Morgan fingerprint density at radius 3 is 2.64 bits per heavy atom. The molecule has 1 heterocycles. The van der Waals surface area contributed by atoms with Crippen LogP contribution in [0.1, 0.15) is 63.6 Å². The number of rotatable bonds is 9. The zero-order chi connectivity index (χ0) is 19.9. The summed E-state index contributed by atoms with van der Waals surface area (Å²) in [5.41, 5.74) is 2.17. The van der Waals surface area contributed by atoms with E-state index in [0.29, 0.717) is 18.3 Å². The summed E-state index contributed by atoms with van der Waals surface area (Å²) in [6.45, 7) is 7.84. The number of amides is 1. The van der Waals surface area contributed by atoms with Gasteiger partial charge in [-0.1, -0.05) is 44.9 Å². The molecular weight excluding hydrogens is 372 g/mol. The number of fused-ring (bicyclic) bond motifs is 1. The van der Waals surface area contributed by atoms with Crippen LogP contribution in [0.5, 0.6) is 0 Å². The van der Waals surface area contributed by atoms with E-state index in [-0.39, 0.29) is 11.6 Å². The van der Waals surface area contributed by atoms with Crippen LogP contribution in [0.3, 0.4) is 0 Å². The Kier molecular flexibility index (Phi) is 7.97. The third kappa shape index (κ3) is 5.38. The molecular formula is C21H34N4O2S. The first-order valence-electron chi connectivity index (χ1n) is 10.9. The van der Waals surface area contributed by atoms with Crippen molar-refractivity contribution < 1.29 is 4.79 Å². The molecule has 1 saturated carbocycles. The summed E-state index contributed by atoms with van der Waals surface area (Å²) in [6.07, 6.45) is 8.83. The second-order valence-corrected chi connectivity index (χ2v) is 8.81. The van der Waals surface area contributed by atoms with E-state index in [4.69, 9.17) is 0 Å². The Balaban J connectivity index is 1.64. The summed E-state index contributed by atoms with van der Waals surface area (Å²) in [6, 6.07) is 0.327. The van der Waals surface area contributed by atoms with Crippen LogP contribution in [0.2, 0.25) is 0 Å². The molecule has 7 heteroatoms. The topological polar surface area (TPSA) is 67.2 Å². The lowest BCUT2D eigenvalue weighted by Gasteiger charge is -2.22. The zero-order valence-corrected chi connectivity index (χ0v) is 18.2. The van der Waals surface area contributed by atoms with Gasteiger partial charge in [0.25, 0.3) is 0 Å². The van der Waals surface area contributed by atoms with Gasteiger partial charge in [-0.15, -0.1) is 0 Å². The molecule has 0 unspecified atom stereocenters. The third-order valence-corrected chi connectivity index (χ3v) is 7.06. The molecule has 0 bridgehead atoms. The van der Waals surface area contributed by atoms with Crippen molar-refractivity contribution in [1.82, 2.24) is 19.8 Å². The van der Waals surface area contributed by atoms with Gasteiger partial charge in [0.1, 0.15) is 5.03 Å². The van der Waals surface area contributed by atoms with Crippen LogP contribution in [-0.2, 0) is 24.2 Å². The Morgan fingerprint density at radius 2 is 1.93 bits per heavy atom. The first-order chi connectivity index (χ1) is 13.6. The molecule has 0 saturated heterocycles. The predicted molar refractivity (Wildman–Crippen MR) is 114 cm³/mol. The molecule has 6 nitrogen and oxygen atoms in total. The Labute approximate surface area is 172 Å². The molecule has 1 amide bonds. The normalized spacial score (nSPS) is 17.1. The first-order valence-corrected chi connectivity index (χ1v) is 11.9. The average Bonchev–Trinajstić information content (AvgIpc) is 3.19. The Hall–Kier alpha value is -1.34. The zero-order valence-electron chi connectivity index (χ0n) is 17.3. The average molecular weight is 407 g/mol. The molecule has 1 fully saturated rings. The van der Waals surface area contributed by atoms with Crippen LogP contribution in [0.15, 0.2) is 9.82 Å². The van der Waals surface area contributed by atoms with E-state index in [0.717, 1.165) is 62.5 Å². The van der Waals surface area contributed by atoms with E-state index in [1.165, 1.54) is 36.6 Å². The SMILES string of the molecule is CCN(CC)CCn1c2c(c(SCC(=O)NC3CCCCC3)nc1=O)CCC2. The van der Waals surface area contributed by atoms with Gasteiger partial charge < -0.3 is 10.2 Å².